The number of carbonyl (C=O) groups excluding carboxylic acids is 1. The van der Waals surface area contributed by atoms with Gasteiger partial charge in [0, 0.05) is 37.7 Å². The summed E-state index contributed by atoms with van der Waals surface area (Å²) in [5.74, 6) is -0.598. The molecule has 1 aliphatic rings. The van der Waals surface area contributed by atoms with Crippen LogP contribution in [0.3, 0.4) is 0 Å². The van der Waals surface area contributed by atoms with Crippen LogP contribution in [0.4, 0.5) is 4.39 Å². The lowest BCUT2D eigenvalue weighted by molar-refractivity contribution is -0.150. The molecule has 0 spiro atoms. The summed E-state index contributed by atoms with van der Waals surface area (Å²) in [7, 11) is 0. The Morgan fingerprint density at radius 2 is 1.81 bits per heavy atom. The van der Waals surface area contributed by atoms with Gasteiger partial charge in [0.2, 0.25) is 0 Å². The highest BCUT2D eigenvalue weighted by Crippen LogP contribution is 2.25. The fourth-order valence-electron chi connectivity index (χ4n) is 3.66. The van der Waals surface area contributed by atoms with Crippen LogP contribution >= 0.6 is 11.6 Å². The van der Waals surface area contributed by atoms with Crippen molar-refractivity contribution in [2.24, 2.45) is 0 Å². The molecule has 0 amide bonds. The summed E-state index contributed by atoms with van der Waals surface area (Å²) in [6, 6.07) is 12.9. The number of carbonyl (C=O) groups is 1. The van der Waals surface area contributed by atoms with Gasteiger partial charge in [-0.05, 0) is 36.8 Å². The van der Waals surface area contributed by atoms with E-state index in [1.54, 1.807) is 31.2 Å². The molecule has 1 saturated heterocycles. The zero-order chi connectivity index (χ0) is 22.2. The van der Waals surface area contributed by atoms with E-state index in [-0.39, 0.29) is 18.3 Å². The number of piperazine rings is 1. The third-order valence-electron chi connectivity index (χ3n) is 5.20. The predicted octanol–water partition coefficient (Wildman–Crippen LogP) is 3.14. The molecule has 2 unspecified atom stereocenters. The quantitative estimate of drug-likeness (QED) is 0.592. The molecule has 0 aromatic heterocycles. The maximum atomic E-state index is 13.6. The van der Waals surface area contributed by atoms with Crippen molar-refractivity contribution in [2.75, 3.05) is 45.9 Å². The molecule has 0 saturated carbocycles. The van der Waals surface area contributed by atoms with Gasteiger partial charge in [-0.25, -0.2) is 9.18 Å². The number of hydrogen-bond acceptors (Lipinski definition) is 6. The fourth-order valence-corrected chi connectivity index (χ4v) is 3.79. The van der Waals surface area contributed by atoms with Crippen LogP contribution in [0.25, 0.3) is 0 Å². The SMILES string of the molecule is CCOC(=O)C(c1ccc(Cl)cc1)N1CCN(CC(O)COc2ccccc2F)CC1. The lowest BCUT2D eigenvalue weighted by atomic mass is 10.0. The van der Waals surface area contributed by atoms with Crippen molar-refractivity contribution in [1.29, 1.82) is 0 Å². The number of rotatable bonds is 9. The van der Waals surface area contributed by atoms with Crippen molar-refractivity contribution in [3.8, 4) is 5.75 Å². The van der Waals surface area contributed by atoms with Crippen LogP contribution in [-0.2, 0) is 9.53 Å². The fraction of sp³-hybridized carbons (Fsp3) is 0.435. The minimum atomic E-state index is -0.747. The van der Waals surface area contributed by atoms with E-state index in [0.717, 1.165) is 5.56 Å². The van der Waals surface area contributed by atoms with E-state index in [2.05, 4.69) is 9.80 Å². The minimum absolute atomic E-state index is 0.0113. The number of para-hydroxylation sites is 1. The Labute approximate surface area is 187 Å². The Balaban J connectivity index is 1.53. The van der Waals surface area contributed by atoms with Gasteiger partial charge in [0.05, 0.1) is 6.61 Å². The summed E-state index contributed by atoms with van der Waals surface area (Å²) < 4.78 is 24.3. The Morgan fingerprint density at radius 1 is 1.13 bits per heavy atom. The molecule has 1 heterocycles. The zero-order valence-electron chi connectivity index (χ0n) is 17.5. The predicted molar refractivity (Wildman–Crippen MR) is 117 cm³/mol. The summed E-state index contributed by atoms with van der Waals surface area (Å²) in [5.41, 5.74) is 0.842. The third-order valence-corrected chi connectivity index (χ3v) is 5.46. The molecule has 1 N–H and O–H groups in total. The average Bonchev–Trinajstić information content (AvgIpc) is 2.76. The van der Waals surface area contributed by atoms with Crippen LogP contribution in [0.1, 0.15) is 18.5 Å². The van der Waals surface area contributed by atoms with Crippen molar-refractivity contribution in [3.05, 3.63) is 64.9 Å². The van der Waals surface area contributed by atoms with Crippen molar-refractivity contribution in [2.45, 2.75) is 19.1 Å². The first kappa shape index (κ1) is 23.5. The maximum Gasteiger partial charge on any atom is 0.328 e. The Hall–Kier alpha value is -2.19. The first-order chi connectivity index (χ1) is 15.0. The lowest BCUT2D eigenvalue weighted by Crippen LogP contribution is -2.51. The molecule has 0 radical (unpaired) electrons. The summed E-state index contributed by atoms with van der Waals surface area (Å²) in [4.78, 5) is 16.8. The molecular formula is C23H28ClFN2O4. The van der Waals surface area contributed by atoms with Gasteiger partial charge in [-0.2, -0.15) is 0 Å². The monoisotopic (exact) mass is 450 g/mol. The van der Waals surface area contributed by atoms with Gasteiger partial charge in [-0.1, -0.05) is 35.9 Å². The van der Waals surface area contributed by atoms with Crippen molar-refractivity contribution >= 4 is 17.6 Å². The van der Waals surface area contributed by atoms with Crippen LogP contribution in [0, 0.1) is 5.82 Å². The molecule has 8 heteroatoms. The highest BCUT2D eigenvalue weighted by molar-refractivity contribution is 6.30. The second-order valence-corrected chi connectivity index (χ2v) is 7.87. The van der Waals surface area contributed by atoms with Gasteiger partial charge < -0.3 is 14.6 Å². The molecule has 2 aromatic carbocycles. The number of halogens is 2. The first-order valence-electron chi connectivity index (χ1n) is 10.4. The summed E-state index contributed by atoms with van der Waals surface area (Å²) in [6.45, 7) is 5.18. The van der Waals surface area contributed by atoms with E-state index >= 15 is 0 Å². The number of esters is 1. The van der Waals surface area contributed by atoms with E-state index in [4.69, 9.17) is 21.1 Å². The van der Waals surface area contributed by atoms with Crippen molar-refractivity contribution in [3.63, 3.8) is 0 Å². The molecule has 1 aliphatic heterocycles. The van der Waals surface area contributed by atoms with E-state index in [1.165, 1.54) is 12.1 Å². The molecule has 2 aromatic rings. The molecule has 0 bridgehead atoms. The van der Waals surface area contributed by atoms with E-state index in [0.29, 0.717) is 44.4 Å². The van der Waals surface area contributed by atoms with Crippen LogP contribution in [0.5, 0.6) is 5.75 Å². The summed E-state index contributed by atoms with van der Waals surface area (Å²) in [6.07, 6.45) is -0.747. The number of ether oxygens (including phenoxy) is 2. The molecule has 168 valence electrons. The number of aliphatic hydroxyl groups is 1. The number of β-amino-alcohol motifs (C(OH)–C–C–N with tert-alkyl or cyclic N) is 1. The Bertz CT molecular complexity index is 844. The molecule has 0 aliphatic carbocycles. The number of aliphatic hydroxyl groups excluding tert-OH is 1. The average molecular weight is 451 g/mol. The minimum Gasteiger partial charge on any atom is -0.488 e. The number of benzene rings is 2. The van der Waals surface area contributed by atoms with Crippen molar-refractivity contribution < 1.29 is 23.8 Å². The standard InChI is InChI=1S/C23H28ClFN2O4/c1-2-30-23(29)22(17-7-9-18(24)10-8-17)27-13-11-26(12-14-27)15-19(28)16-31-21-6-4-3-5-20(21)25/h3-10,19,22,28H,2,11-16H2,1H3. The zero-order valence-corrected chi connectivity index (χ0v) is 18.3. The second kappa shape index (κ2) is 11.4. The van der Waals surface area contributed by atoms with Crippen LogP contribution in [0.2, 0.25) is 5.02 Å². The Kier molecular flexibility index (Phi) is 8.66. The van der Waals surface area contributed by atoms with Gasteiger partial charge in [0.15, 0.2) is 11.6 Å². The van der Waals surface area contributed by atoms with Crippen molar-refractivity contribution in [1.82, 2.24) is 9.80 Å². The topological polar surface area (TPSA) is 62.2 Å². The van der Waals surface area contributed by atoms with Gasteiger partial charge in [-0.15, -0.1) is 0 Å². The molecule has 1 fully saturated rings. The van der Waals surface area contributed by atoms with E-state index in [1.807, 2.05) is 12.1 Å². The summed E-state index contributed by atoms with van der Waals surface area (Å²) in [5, 5.41) is 10.9. The van der Waals surface area contributed by atoms with Gasteiger partial charge in [-0.3, -0.25) is 9.80 Å². The highest BCUT2D eigenvalue weighted by atomic mass is 35.5. The van der Waals surface area contributed by atoms with Gasteiger partial charge >= 0.3 is 5.97 Å². The summed E-state index contributed by atoms with van der Waals surface area (Å²) >= 11 is 5.99. The molecule has 31 heavy (non-hydrogen) atoms. The van der Waals surface area contributed by atoms with Crippen LogP contribution in [0.15, 0.2) is 48.5 Å². The number of nitrogens with zero attached hydrogens (tertiary/aromatic N) is 2. The van der Waals surface area contributed by atoms with Gasteiger partial charge in [0.25, 0.3) is 0 Å². The first-order valence-corrected chi connectivity index (χ1v) is 10.8. The lowest BCUT2D eigenvalue weighted by Gasteiger charge is -2.39. The smallest absolute Gasteiger partial charge is 0.328 e. The molecular weight excluding hydrogens is 423 g/mol. The number of hydrogen-bond donors (Lipinski definition) is 1. The van der Waals surface area contributed by atoms with Gasteiger partial charge in [0.1, 0.15) is 18.8 Å². The third kappa shape index (κ3) is 6.64. The van der Waals surface area contributed by atoms with E-state index < -0.39 is 18.0 Å². The van der Waals surface area contributed by atoms with E-state index in [9.17, 15) is 14.3 Å². The molecule has 3 rings (SSSR count). The highest BCUT2D eigenvalue weighted by Gasteiger charge is 2.32. The van der Waals surface area contributed by atoms with Crippen LogP contribution in [-0.4, -0.2) is 72.9 Å². The normalized spacial score (nSPS) is 17.2. The van der Waals surface area contributed by atoms with Crippen LogP contribution < -0.4 is 4.74 Å². The Morgan fingerprint density at radius 3 is 2.45 bits per heavy atom. The molecule has 6 nitrogen and oxygen atoms in total. The second-order valence-electron chi connectivity index (χ2n) is 7.44. The maximum absolute atomic E-state index is 13.6. The largest absolute Gasteiger partial charge is 0.488 e. The molecule has 2 atom stereocenters.